The molecule has 2 aromatic rings. The van der Waals surface area contributed by atoms with Crippen LogP contribution >= 0.6 is 0 Å². The van der Waals surface area contributed by atoms with Crippen molar-refractivity contribution in [3.63, 3.8) is 0 Å². The maximum Gasteiger partial charge on any atom is 0.312 e. The lowest BCUT2D eigenvalue weighted by atomic mass is 9.39. The molecule has 10 rings (SSSR count). The molecule has 1 N–H and O–H groups in total. The Morgan fingerprint density at radius 3 is 2.47 bits per heavy atom. The Bertz CT molecular complexity index is 2010. The monoisotopic (exact) mass is 746 g/mol. The van der Waals surface area contributed by atoms with E-state index in [0.29, 0.717) is 30.8 Å². The van der Waals surface area contributed by atoms with Crippen molar-refractivity contribution in [1.29, 1.82) is 0 Å². The molecular weight excluding hydrogens is 693 g/mol. The smallest absolute Gasteiger partial charge is 0.312 e. The lowest BCUT2D eigenvalue weighted by Crippen LogP contribution is -2.63. The second-order valence-corrected chi connectivity index (χ2v) is 19.6. The van der Waals surface area contributed by atoms with Gasteiger partial charge in [0.1, 0.15) is 11.4 Å². The normalized spacial score (nSPS) is 46.8. The fourth-order valence-corrected chi connectivity index (χ4v) is 14.1. The van der Waals surface area contributed by atoms with Gasteiger partial charge in [-0.25, -0.2) is 0 Å². The largest absolute Gasteiger partial charge is 0.457 e. The molecule has 13 atom stereocenters. The molecule has 2 unspecified atom stereocenters. The minimum Gasteiger partial charge on any atom is -0.457 e. The number of Topliss-reactive ketones (excluding diaryl/α,β-unsaturated/α-hetero) is 1. The summed E-state index contributed by atoms with van der Waals surface area (Å²) in [5.74, 6) is -1.53. The van der Waals surface area contributed by atoms with Gasteiger partial charge in [-0.2, -0.15) is 0 Å². The van der Waals surface area contributed by atoms with Crippen molar-refractivity contribution < 1.29 is 38.4 Å². The molecule has 0 radical (unpaired) electrons. The van der Waals surface area contributed by atoms with E-state index in [0.717, 1.165) is 32.1 Å². The molecule has 0 amide bonds. The van der Waals surface area contributed by atoms with Crippen molar-refractivity contribution in [3.8, 4) is 0 Å². The Kier molecular flexibility index (Phi) is 7.64. The molecule has 3 heterocycles. The van der Waals surface area contributed by atoms with Crippen LogP contribution in [-0.4, -0.2) is 47.4 Å². The number of allylic oxidation sites excluding steroid dienone is 3. The van der Waals surface area contributed by atoms with Gasteiger partial charge in [0.2, 0.25) is 5.79 Å². The number of hydrogen-bond donors (Lipinski definition) is 1. The second kappa shape index (κ2) is 11.7. The SMILES string of the molecule is C[C@]1(OC(=O)C[C@H](O)c2ccccc2)CO[C@]2(C[C@@H]([C@@H]3CCC45CC34C=C[C@@H]3[C@@]4(C)CC=C6C[C@@H](c7ccccc7)OC[C@]6(C)[C@@H]4CC(=O)[C@]35C)C(=O)O2)C1. The third kappa shape index (κ3) is 4.83. The average molecular weight is 747 g/mol. The number of aliphatic hydroxyl groups excluding tert-OH is 1. The van der Waals surface area contributed by atoms with E-state index in [1.807, 2.05) is 31.2 Å². The molecule has 3 saturated heterocycles. The first-order valence-electron chi connectivity index (χ1n) is 20.6. The number of rotatable bonds is 6. The van der Waals surface area contributed by atoms with Crippen LogP contribution in [-0.2, 0) is 33.3 Å². The summed E-state index contributed by atoms with van der Waals surface area (Å²) in [5.41, 5.74) is 1.16. The third-order valence-electron chi connectivity index (χ3n) is 16.8. The first-order valence-corrected chi connectivity index (χ1v) is 20.6. The summed E-state index contributed by atoms with van der Waals surface area (Å²) in [4.78, 5) is 41.8. The van der Waals surface area contributed by atoms with Crippen LogP contribution < -0.4 is 0 Å². The molecule has 0 bridgehead atoms. The number of carbonyl (C=O) groups excluding carboxylic acids is 3. The number of benzene rings is 2. The number of fused-ring (bicyclic) bond motifs is 5. The van der Waals surface area contributed by atoms with Gasteiger partial charge in [0, 0.05) is 23.7 Å². The van der Waals surface area contributed by atoms with E-state index < -0.39 is 28.9 Å². The van der Waals surface area contributed by atoms with Gasteiger partial charge in [0.25, 0.3) is 0 Å². The fourth-order valence-electron chi connectivity index (χ4n) is 14.1. The molecule has 5 aliphatic carbocycles. The fraction of sp³-hybridized carbons (Fsp3) is 0.596. The van der Waals surface area contributed by atoms with Gasteiger partial charge in [-0.05, 0) is 84.2 Å². The highest BCUT2D eigenvalue weighted by Crippen LogP contribution is 2.89. The van der Waals surface area contributed by atoms with E-state index in [1.165, 1.54) is 11.1 Å². The molecule has 0 aromatic heterocycles. The summed E-state index contributed by atoms with van der Waals surface area (Å²) in [7, 11) is 0. The maximum atomic E-state index is 15.0. The van der Waals surface area contributed by atoms with Gasteiger partial charge in [-0.1, -0.05) is 105 Å². The predicted octanol–water partition coefficient (Wildman–Crippen LogP) is 8.16. The third-order valence-corrected chi connectivity index (χ3v) is 16.8. The number of hydrogen-bond acceptors (Lipinski definition) is 8. The Morgan fingerprint density at radius 1 is 0.964 bits per heavy atom. The second-order valence-electron chi connectivity index (χ2n) is 19.6. The van der Waals surface area contributed by atoms with Gasteiger partial charge < -0.3 is 24.1 Å². The van der Waals surface area contributed by atoms with Gasteiger partial charge in [0.15, 0.2) is 0 Å². The number of carbonyl (C=O) groups is 3. The van der Waals surface area contributed by atoms with Crippen molar-refractivity contribution in [2.75, 3.05) is 13.2 Å². The van der Waals surface area contributed by atoms with E-state index in [-0.39, 0.29) is 76.9 Å². The van der Waals surface area contributed by atoms with Crippen molar-refractivity contribution in [2.24, 2.45) is 50.7 Å². The molecule has 6 fully saturated rings. The van der Waals surface area contributed by atoms with Gasteiger partial charge in [0.05, 0.1) is 44.2 Å². The Balaban J connectivity index is 0.870. The van der Waals surface area contributed by atoms with Crippen molar-refractivity contribution in [3.05, 3.63) is 95.6 Å². The van der Waals surface area contributed by atoms with Crippen molar-refractivity contribution in [2.45, 2.75) is 109 Å². The number of esters is 2. The number of ketones is 1. The topological polar surface area (TPSA) is 108 Å². The highest BCUT2D eigenvalue weighted by Gasteiger charge is 2.85. The zero-order valence-electron chi connectivity index (χ0n) is 32.6. The Hall–Kier alpha value is -3.59. The molecule has 2 aromatic carbocycles. The minimum atomic E-state index is -1.15. The number of ether oxygens (including phenoxy) is 4. The zero-order valence-corrected chi connectivity index (χ0v) is 32.6. The first kappa shape index (κ1) is 35.8. The predicted molar refractivity (Wildman–Crippen MR) is 203 cm³/mol. The standard InChI is InChI=1S/C47H54O8/c1-41(54-39(50)22-34(48)29-11-7-5-8-12-29)25-47(53-27-41)24-32(40(51)55-47)33-16-20-46-26-45(33,46)19-17-36-42(2)18-15-31-21-35(30-13-9-6-10-14-30)52-28-43(31,3)37(42)23-38(49)44(36,46)4/h5-15,17,19,32-37,48H,16,18,20-28H2,1-4H3/t32-,33-,34-,35-,36+,37+,41+,42+,43-,44-,45?,46?,47-/m0/s1. The summed E-state index contributed by atoms with van der Waals surface area (Å²) in [6.07, 6.45) is 12.0. The summed E-state index contributed by atoms with van der Waals surface area (Å²) in [6, 6.07) is 19.6. The average Bonchev–Trinajstić information content (AvgIpc) is 3.37. The van der Waals surface area contributed by atoms with Crippen LogP contribution in [0.3, 0.4) is 0 Å². The van der Waals surface area contributed by atoms with E-state index in [4.69, 9.17) is 18.9 Å². The van der Waals surface area contributed by atoms with Crippen LogP contribution in [0.1, 0.15) is 109 Å². The van der Waals surface area contributed by atoms with Crippen LogP contribution in [0.5, 0.6) is 0 Å². The van der Waals surface area contributed by atoms with Crippen LogP contribution in [0.4, 0.5) is 0 Å². The quantitative estimate of drug-likeness (QED) is 0.233. The summed E-state index contributed by atoms with van der Waals surface area (Å²) in [5, 5.41) is 10.6. The number of aliphatic hydroxyl groups is 1. The van der Waals surface area contributed by atoms with E-state index in [2.05, 4.69) is 63.3 Å². The Labute approximate surface area is 324 Å². The zero-order chi connectivity index (χ0) is 38.2. The summed E-state index contributed by atoms with van der Waals surface area (Å²) >= 11 is 0. The van der Waals surface area contributed by atoms with Gasteiger partial charge in [-0.3, -0.25) is 14.4 Å². The maximum absolute atomic E-state index is 15.0. The molecular formula is C47H54O8. The van der Waals surface area contributed by atoms with Crippen LogP contribution in [0, 0.1) is 50.7 Å². The van der Waals surface area contributed by atoms with E-state index >= 15 is 0 Å². The summed E-state index contributed by atoms with van der Waals surface area (Å²) in [6.45, 7) is 9.62. The highest BCUT2D eigenvalue weighted by molar-refractivity contribution is 5.90. The minimum absolute atomic E-state index is 0.0455. The van der Waals surface area contributed by atoms with Crippen molar-refractivity contribution >= 4 is 17.7 Å². The summed E-state index contributed by atoms with van der Waals surface area (Å²) < 4.78 is 24.9. The van der Waals surface area contributed by atoms with Crippen LogP contribution in [0.15, 0.2) is 84.5 Å². The molecule has 8 nitrogen and oxygen atoms in total. The molecule has 3 saturated carbocycles. The lowest BCUT2D eigenvalue weighted by molar-refractivity contribution is -0.192. The van der Waals surface area contributed by atoms with E-state index in [9.17, 15) is 19.5 Å². The lowest BCUT2D eigenvalue weighted by Gasteiger charge is -2.64. The van der Waals surface area contributed by atoms with E-state index in [1.54, 1.807) is 12.1 Å². The van der Waals surface area contributed by atoms with Gasteiger partial charge in [-0.15, -0.1) is 0 Å². The molecule has 8 aliphatic rings. The first-order chi connectivity index (χ1) is 26.2. The molecule has 8 heteroatoms. The van der Waals surface area contributed by atoms with Crippen LogP contribution in [0.2, 0.25) is 0 Å². The van der Waals surface area contributed by atoms with Crippen LogP contribution in [0.25, 0.3) is 0 Å². The molecule has 55 heavy (non-hydrogen) atoms. The molecule has 3 aliphatic heterocycles. The molecule has 290 valence electrons. The Morgan fingerprint density at radius 2 is 1.71 bits per heavy atom. The van der Waals surface area contributed by atoms with Crippen molar-refractivity contribution in [1.82, 2.24) is 0 Å². The molecule has 1 spiro atoms. The highest BCUT2D eigenvalue weighted by atomic mass is 16.7. The van der Waals surface area contributed by atoms with Gasteiger partial charge >= 0.3 is 11.9 Å².